The molecular weight excluding hydrogens is 356 g/mol. The minimum Gasteiger partial charge on any atom is -0.480 e. The molecule has 2 aromatic carbocycles. The second kappa shape index (κ2) is 7.01. The lowest BCUT2D eigenvalue weighted by Crippen LogP contribution is -2.43. The standard InChI is InChI=1S/C21H22N4O3/c26-21(27)19-14(10-22-23-19)11-25-9-8-18-17(12-25)20(24-28-18)16-7-3-5-13-4-1-2-6-15(13)16/h1-7,14,19,22-23H,8-12H2,(H,26,27). The summed E-state index contributed by atoms with van der Waals surface area (Å²) in [6, 6.07) is 14.0. The first-order valence-corrected chi connectivity index (χ1v) is 9.60. The van der Waals surface area contributed by atoms with Crippen molar-refractivity contribution in [2.24, 2.45) is 5.92 Å². The van der Waals surface area contributed by atoms with E-state index in [4.69, 9.17) is 4.52 Å². The quantitative estimate of drug-likeness (QED) is 0.640. The Morgan fingerprint density at radius 2 is 2.11 bits per heavy atom. The van der Waals surface area contributed by atoms with Gasteiger partial charge < -0.3 is 9.63 Å². The number of nitrogens with one attached hydrogen (secondary N) is 2. The molecule has 2 aliphatic heterocycles. The van der Waals surface area contributed by atoms with E-state index in [9.17, 15) is 9.90 Å². The topological polar surface area (TPSA) is 90.6 Å². The summed E-state index contributed by atoms with van der Waals surface area (Å²) < 4.78 is 5.67. The molecule has 1 aromatic heterocycles. The zero-order chi connectivity index (χ0) is 19.1. The van der Waals surface area contributed by atoms with E-state index in [1.807, 2.05) is 18.2 Å². The lowest BCUT2D eigenvalue weighted by atomic mass is 9.95. The molecule has 5 rings (SSSR count). The third-order valence-corrected chi connectivity index (χ3v) is 5.80. The summed E-state index contributed by atoms with van der Waals surface area (Å²) >= 11 is 0. The number of carboxylic acids is 1. The summed E-state index contributed by atoms with van der Waals surface area (Å²) in [6.07, 6.45) is 0.790. The summed E-state index contributed by atoms with van der Waals surface area (Å²) in [5, 5.41) is 16.1. The van der Waals surface area contributed by atoms with Crippen molar-refractivity contribution in [3.63, 3.8) is 0 Å². The van der Waals surface area contributed by atoms with Crippen LogP contribution in [0.25, 0.3) is 22.0 Å². The number of benzene rings is 2. The van der Waals surface area contributed by atoms with Crippen LogP contribution in [0, 0.1) is 5.92 Å². The third-order valence-electron chi connectivity index (χ3n) is 5.80. The molecule has 7 heteroatoms. The number of rotatable bonds is 4. The van der Waals surface area contributed by atoms with Gasteiger partial charge >= 0.3 is 5.97 Å². The highest BCUT2D eigenvalue weighted by Gasteiger charge is 2.35. The van der Waals surface area contributed by atoms with Crippen molar-refractivity contribution >= 4 is 16.7 Å². The lowest BCUT2D eigenvalue weighted by molar-refractivity contribution is -0.140. The van der Waals surface area contributed by atoms with Crippen LogP contribution in [0.4, 0.5) is 0 Å². The molecule has 0 aliphatic carbocycles. The van der Waals surface area contributed by atoms with Gasteiger partial charge in [-0.25, -0.2) is 5.43 Å². The number of carbonyl (C=O) groups is 1. The van der Waals surface area contributed by atoms with Crippen molar-refractivity contribution in [1.82, 2.24) is 20.9 Å². The minimum atomic E-state index is -0.811. The maximum absolute atomic E-state index is 11.4. The van der Waals surface area contributed by atoms with Gasteiger partial charge in [0.15, 0.2) is 0 Å². The fraction of sp³-hybridized carbons (Fsp3) is 0.333. The molecule has 0 saturated carbocycles. The fourth-order valence-electron chi connectivity index (χ4n) is 4.37. The van der Waals surface area contributed by atoms with Crippen LogP contribution in [0.15, 0.2) is 47.0 Å². The van der Waals surface area contributed by atoms with Gasteiger partial charge in [0, 0.05) is 49.6 Å². The Morgan fingerprint density at radius 3 is 3.00 bits per heavy atom. The first-order chi connectivity index (χ1) is 13.7. The number of aromatic nitrogens is 1. The molecule has 2 aliphatic rings. The summed E-state index contributed by atoms with van der Waals surface area (Å²) in [5.74, 6) is 0.158. The molecule has 0 bridgehead atoms. The van der Waals surface area contributed by atoms with Crippen LogP contribution in [0.1, 0.15) is 11.3 Å². The SMILES string of the molecule is O=C(O)C1NNCC1CN1CCc2onc(-c3cccc4ccccc34)c2C1. The Labute approximate surface area is 162 Å². The van der Waals surface area contributed by atoms with E-state index in [-0.39, 0.29) is 5.92 Å². The molecular formula is C21H22N4O3. The van der Waals surface area contributed by atoms with Gasteiger partial charge in [-0.15, -0.1) is 0 Å². The van der Waals surface area contributed by atoms with Crippen LogP contribution in [-0.2, 0) is 17.8 Å². The molecule has 0 spiro atoms. The van der Waals surface area contributed by atoms with Crippen LogP contribution in [-0.4, -0.2) is 46.8 Å². The third kappa shape index (κ3) is 2.97. The van der Waals surface area contributed by atoms with Crippen molar-refractivity contribution in [2.45, 2.75) is 19.0 Å². The first kappa shape index (κ1) is 17.4. The average molecular weight is 378 g/mol. The van der Waals surface area contributed by atoms with Crippen molar-refractivity contribution in [2.75, 3.05) is 19.6 Å². The van der Waals surface area contributed by atoms with E-state index in [2.05, 4.69) is 45.2 Å². The predicted octanol–water partition coefficient (Wildman–Crippen LogP) is 2.03. The average Bonchev–Trinajstić information content (AvgIpc) is 3.34. The summed E-state index contributed by atoms with van der Waals surface area (Å²) in [5.41, 5.74) is 8.93. The van der Waals surface area contributed by atoms with Gasteiger partial charge in [-0.2, -0.15) is 0 Å². The predicted molar refractivity (Wildman–Crippen MR) is 104 cm³/mol. The lowest BCUT2D eigenvalue weighted by Gasteiger charge is -2.29. The van der Waals surface area contributed by atoms with E-state index < -0.39 is 12.0 Å². The van der Waals surface area contributed by atoms with Crippen molar-refractivity contribution in [3.8, 4) is 11.3 Å². The number of nitrogens with zero attached hydrogens (tertiary/aromatic N) is 2. The number of hydrazine groups is 1. The van der Waals surface area contributed by atoms with Crippen LogP contribution in [0.3, 0.4) is 0 Å². The Balaban J connectivity index is 1.44. The van der Waals surface area contributed by atoms with Gasteiger partial charge in [-0.3, -0.25) is 15.1 Å². The second-order valence-electron chi connectivity index (χ2n) is 7.55. The Morgan fingerprint density at radius 1 is 1.25 bits per heavy atom. The number of carboxylic acid groups (broad SMARTS) is 1. The van der Waals surface area contributed by atoms with Crippen LogP contribution in [0.2, 0.25) is 0 Å². The van der Waals surface area contributed by atoms with Gasteiger partial charge in [0.25, 0.3) is 0 Å². The minimum absolute atomic E-state index is 0.0277. The normalized spacial score (nSPS) is 22.4. The van der Waals surface area contributed by atoms with Gasteiger partial charge in [0.1, 0.15) is 17.5 Å². The summed E-state index contributed by atoms with van der Waals surface area (Å²) in [7, 11) is 0. The zero-order valence-corrected chi connectivity index (χ0v) is 15.4. The smallest absolute Gasteiger partial charge is 0.322 e. The molecule has 0 amide bonds. The Hall–Kier alpha value is -2.74. The van der Waals surface area contributed by atoms with Crippen LogP contribution < -0.4 is 10.9 Å². The Kier molecular flexibility index (Phi) is 4.35. The van der Waals surface area contributed by atoms with Gasteiger partial charge in [0.05, 0.1) is 0 Å². The van der Waals surface area contributed by atoms with Crippen molar-refractivity contribution in [1.29, 1.82) is 0 Å². The monoisotopic (exact) mass is 378 g/mol. The Bertz CT molecular complexity index is 1030. The number of hydrogen-bond donors (Lipinski definition) is 3. The molecule has 3 heterocycles. The highest BCUT2D eigenvalue weighted by atomic mass is 16.5. The number of hydrogen-bond acceptors (Lipinski definition) is 6. The highest BCUT2D eigenvalue weighted by molar-refractivity contribution is 5.96. The molecule has 144 valence electrons. The van der Waals surface area contributed by atoms with Gasteiger partial charge in [-0.05, 0) is 10.8 Å². The van der Waals surface area contributed by atoms with E-state index in [0.29, 0.717) is 6.54 Å². The molecule has 0 radical (unpaired) electrons. The molecule has 2 atom stereocenters. The molecule has 7 nitrogen and oxygen atoms in total. The molecule has 28 heavy (non-hydrogen) atoms. The van der Waals surface area contributed by atoms with Crippen LogP contribution >= 0.6 is 0 Å². The molecule has 2 unspecified atom stereocenters. The van der Waals surface area contributed by atoms with Crippen molar-refractivity contribution in [3.05, 3.63) is 53.8 Å². The molecule has 3 aromatic rings. The maximum Gasteiger partial charge on any atom is 0.322 e. The maximum atomic E-state index is 11.4. The van der Waals surface area contributed by atoms with E-state index in [0.717, 1.165) is 54.0 Å². The van der Waals surface area contributed by atoms with Crippen LogP contribution in [0.5, 0.6) is 0 Å². The molecule has 1 saturated heterocycles. The van der Waals surface area contributed by atoms with E-state index in [1.54, 1.807) is 0 Å². The van der Waals surface area contributed by atoms with Gasteiger partial charge in [-0.1, -0.05) is 47.6 Å². The molecule has 1 fully saturated rings. The fourth-order valence-corrected chi connectivity index (χ4v) is 4.37. The molecule has 3 N–H and O–H groups in total. The zero-order valence-electron chi connectivity index (χ0n) is 15.4. The number of aliphatic carboxylic acids is 1. The van der Waals surface area contributed by atoms with Gasteiger partial charge in [0.2, 0.25) is 0 Å². The van der Waals surface area contributed by atoms with Crippen molar-refractivity contribution < 1.29 is 14.4 Å². The largest absolute Gasteiger partial charge is 0.480 e. The summed E-state index contributed by atoms with van der Waals surface area (Å²) in [6.45, 7) is 2.94. The first-order valence-electron chi connectivity index (χ1n) is 9.60. The highest BCUT2D eigenvalue weighted by Crippen LogP contribution is 2.34. The van der Waals surface area contributed by atoms with E-state index in [1.165, 1.54) is 5.39 Å². The second-order valence-corrected chi connectivity index (χ2v) is 7.55. The summed E-state index contributed by atoms with van der Waals surface area (Å²) in [4.78, 5) is 13.7. The number of fused-ring (bicyclic) bond motifs is 2. The van der Waals surface area contributed by atoms with E-state index >= 15 is 0 Å².